The SMILES string of the molecule is CNc1ccc(-c2nnc(-c3ccccc3)nn2)cc1. The van der Waals surface area contributed by atoms with E-state index in [0.717, 1.165) is 16.8 Å². The Hall–Kier alpha value is -2.82. The van der Waals surface area contributed by atoms with Gasteiger partial charge in [0.25, 0.3) is 0 Å². The third-order valence-electron chi connectivity index (χ3n) is 2.94. The molecule has 0 aliphatic carbocycles. The zero-order valence-corrected chi connectivity index (χ0v) is 11.0. The van der Waals surface area contributed by atoms with Crippen LogP contribution in [0.1, 0.15) is 0 Å². The molecule has 0 spiro atoms. The van der Waals surface area contributed by atoms with Gasteiger partial charge in [-0.2, -0.15) is 0 Å². The van der Waals surface area contributed by atoms with Gasteiger partial charge in [-0.3, -0.25) is 0 Å². The summed E-state index contributed by atoms with van der Waals surface area (Å²) >= 11 is 0. The fraction of sp³-hybridized carbons (Fsp3) is 0.0667. The summed E-state index contributed by atoms with van der Waals surface area (Å²) in [6.07, 6.45) is 0. The van der Waals surface area contributed by atoms with E-state index < -0.39 is 0 Å². The van der Waals surface area contributed by atoms with Crippen LogP contribution in [0.5, 0.6) is 0 Å². The molecule has 1 N–H and O–H groups in total. The summed E-state index contributed by atoms with van der Waals surface area (Å²) in [5.41, 5.74) is 2.84. The first-order valence-corrected chi connectivity index (χ1v) is 6.28. The molecular formula is C15H13N5. The van der Waals surface area contributed by atoms with Gasteiger partial charge in [-0.15, -0.1) is 20.4 Å². The Kier molecular flexibility index (Phi) is 3.33. The molecule has 5 heteroatoms. The monoisotopic (exact) mass is 263 g/mol. The van der Waals surface area contributed by atoms with Gasteiger partial charge < -0.3 is 5.32 Å². The summed E-state index contributed by atoms with van der Waals surface area (Å²) < 4.78 is 0. The highest BCUT2D eigenvalue weighted by Crippen LogP contribution is 2.17. The van der Waals surface area contributed by atoms with Crippen LogP contribution in [-0.4, -0.2) is 27.4 Å². The van der Waals surface area contributed by atoms with Gasteiger partial charge in [0, 0.05) is 23.9 Å². The van der Waals surface area contributed by atoms with E-state index >= 15 is 0 Å². The van der Waals surface area contributed by atoms with Crippen LogP contribution in [0.15, 0.2) is 54.6 Å². The van der Waals surface area contributed by atoms with Crippen molar-refractivity contribution < 1.29 is 0 Å². The van der Waals surface area contributed by atoms with Gasteiger partial charge >= 0.3 is 0 Å². The highest BCUT2D eigenvalue weighted by atomic mass is 15.3. The van der Waals surface area contributed by atoms with Crippen LogP contribution in [-0.2, 0) is 0 Å². The normalized spacial score (nSPS) is 10.2. The van der Waals surface area contributed by atoms with Crippen molar-refractivity contribution in [2.75, 3.05) is 12.4 Å². The lowest BCUT2D eigenvalue weighted by Gasteiger charge is -2.02. The number of nitrogens with one attached hydrogen (secondary N) is 1. The molecular weight excluding hydrogens is 250 g/mol. The second kappa shape index (κ2) is 5.44. The molecule has 0 atom stereocenters. The van der Waals surface area contributed by atoms with E-state index in [1.807, 2.05) is 61.6 Å². The lowest BCUT2D eigenvalue weighted by molar-refractivity contribution is 0.876. The van der Waals surface area contributed by atoms with Crippen molar-refractivity contribution in [2.45, 2.75) is 0 Å². The molecule has 3 aromatic rings. The van der Waals surface area contributed by atoms with Crippen LogP contribution < -0.4 is 5.32 Å². The number of aromatic nitrogens is 4. The average Bonchev–Trinajstić information content (AvgIpc) is 2.56. The third-order valence-corrected chi connectivity index (χ3v) is 2.94. The van der Waals surface area contributed by atoms with Gasteiger partial charge in [0.2, 0.25) is 11.6 Å². The molecule has 0 aliphatic rings. The quantitative estimate of drug-likeness (QED) is 0.787. The molecule has 0 saturated heterocycles. The summed E-state index contributed by atoms with van der Waals surface area (Å²) in [7, 11) is 1.88. The molecule has 0 saturated carbocycles. The molecule has 0 radical (unpaired) electrons. The average molecular weight is 263 g/mol. The Morgan fingerprint density at radius 2 is 1.15 bits per heavy atom. The number of hydrogen-bond acceptors (Lipinski definition) is 5. The maximum atomic E-state index is 4.14. The van der Waals surface area contributed by atoms with Crippen LogP contribution in [0.2, 0.25) is 0 Å². The molecule has 2 aromatic carbocycles. The Morgan fingerprint density at radius 3 is 1.65 bits per heavy atom. The number of nitrogens with zero attached hydrogens (tertiary/aromatic N) is 4. The van der Waals surface area contributed by atoms with Crippen molar-refractivity contribution in [3.05, 3.63) is 54.6 Å². The molecule has 20 heavy (non-hydrogen) atoms. The maximum absolute atomic E-state index is 4.14. The van der Waals surface area contributed by atoms with Crippen LogP contribution in [0.3, 0.4) is 0 Å². The van der Waals surface area contributed by atoms with Crippen molar-refractivity contribution in [3.8, 4) is 22.8 Å². The Bertz CT molecular complexity index is 678. The minimum absolute atomic E-state index is 0.521. The molecule has 0 bridgehead atoms. The summed E-state index contributed by atoms with van der Waals surface area (Å²) in [6.45, 7) is 0. The van der Waals surface area contributed by atoms with E-state index in [4.69, 9.17) is 0 Å². The predicted molar refractivity (Wildman–Crippen MR) is 78.0 cm³/mol. The molecule has 1 heterocycles. The van der Waals surface area contributed by atoms with Crippen molar-refractivity contribution in [2.24, 2.45) is 0 Å². The van der Waals surface area contributed by atoms with Crippen molar-refractivity contribution in [1.82, 2.24) is 20.4 Å². The number of hydrogen-bond donors (Lipinski definition) is 1. The van der Waals surface area contributed by atoms with E-state index in [2.05, 4.69) is 25.7 Å². The minimum atomic E-state index is 0.521. The summed E-state index contributed by atoms with van der Waals surface area (Å²) in [6, 6.07) is 17.5. The molecule has 0 unspecified atom stereocenters. The lowest BCUT2D eigenvalue weighted by atomic mass is 10.2. The first kappa shape index (κ1) is 12.2. The van der Waals surface area contributed by atoms with Crippen LogP contribution in [0.4, 0.5) is 5.69 Å². The smallest absolute Gasteiger partial charge is 0.203 e. The largest absolute Gasteiger partial charge is 0.388 e. The zero-order chi connectivity index (χ0) is 13.8. The second-order valence-corrected chi connectivity index (χ2v) is 4.24. The van der Waals surface area contributed by atoms with Gasteiger partial charge in [0.05, 0.1) is 0 Å². The Balaban J connectivity index is 1.89. The van der Waals surface area contributed by atoms with Gasteiger partial charge in [0.1, 0.15) is 0 Å². The highest BCUT2D eigenvalue weighted by Gasteiger charge is 2.05. The van der Waals surface area contributed by atoms with Crippen LogP contribution in [0.25, 0.3) is 22.8 Å². The maximum Gasteiger partial charge on any atom is 0.203 e. The molecule has 0 amide bonds. The molecule has 98 valence electrons. The number of anilines is 1. The zero-order valence-electron chi connectivity index (χ0n) is 11.0. The topological polar surface area (TPSA) is 63.6 Å². The summed E-state index contributed by atoms with van der Waals surface area (Å²) in [5, 5.41) is 19.6. The molecule has 0 aliphatic heterocycles. The van der Waals surface area contributed by atoms with E-state index in [1.54, 1.807) is 0 Å². The van der Waals surface area contributed by atoms with Gasteiger partial charge in [0.15, 0.2) is 0 Å². The Morgan fingerprint density at radius 1 is 0.650 bits per heavy atom. The van der Waals surface area contributed by atoms with Crippen molar-refractivity contribution in [3.63, 3.8) is 0 Å². The van der Waals surface area contributed by atoms with E-state index in [9.17, 15) is 0 Å². The molecule has 3 rings (SSSR count). The van der Waals surface area contributed by atoms with Gasteiger partial charge in [-0.1, -0.05) is 30.3 Å². The second-order valence-electron chi connectivity index (χ2n) is 4.24. The highest BCUT2D eigenvalue weighted by molar-refractivity contribution is 5.59. The van der Waals surface area contributed by atoms with E-state index in [-0.39, 0.29) is 0 Å². The van der Waals surface area contributed by atoms with Crippen LogP contribution >= 0.6 is 0 Å². The van der Waals surface area contributed by atoms with Crippen molar-refractivity contribution in [1.29, 1.82) is 0 Å². The lowest BCUT2D eigenvalue weighted by Crippen LogP contribution is -1.99. The predicted octanol–water partition coefficient (Wildman–Crippen LogP) is 2.64. The molecule has 5 nitrogen and oxygen atoms in total. The van der Waals surface area contributed by atoms with Crippen LogP contribution in [0, 0.1) is 0 Å². The molecule has 1 aromatic heterocycles. The number of rotatable bonds is 3. The fourth-order valence-electron chi connectivity index (χ4n) is 1.83. The minimum Gasteiger partial charge on any atom is -0.388 e. The molecule has 0 fully saturated rings. The fourth-order valence-corrected chi connectivity index (χ4v) is 1.83. The Labute approximate surface area is 116 Å². The van der Waals surface area contributed by atoms with E-state index in [1.165, 1.54) is 0 Å². The summed E-state index contributed by atoms with van der Waals surface area (Å²) in [4.78, 5) is 0. The van der Waals surface area contributed by atoms with Gasteiger partial charge in [-0.05, 0) is 24.3 Å². The first-order chi connectivity index (χ1) is 9.86. The van der Waals surface area contributed by atoms with E-state index in [0.29, 0.717) is 11.6 Å². The number of benzene rings is 2. The summed E-state index contributed by atoms with van der Waals surface area (Å²) in [5.74, 6) is 1.05. The van der Waals surface area contributed by atoms with Crippen molar-refractivity contribution >= 4 is 5.69 Å². The standard InChI is InChI=1S/C15H13N5/c1-16-13-9-7-12(8-10-13)15-19-17-14(18-20-15)11-5-3-2-4-6-11/h2-10,16H,1H3. The first-order valence-electron chi connectivity index (χ1n) is 6.28. The third kappa shape index (κ3) is 2.47. The van der Waals surface area contributed by atoms with Gasteiger partial charge in [-0.25, -0.2) is 0 Å².